The second-order valence-corrected chi connectivity index (χ2v) is 5.43. The Kier molecular flexibility index (Phi) is 2.39. The molecule has 0 amide bonds. The average molecular weight is 269 g/mol. The van der Waals surface area contributed by atoms with Crippen molar-refractivity contribution >= 4 is 21.9 Å². The van der Waals surface area contributed by atoms with E-state index < -0.39 is 0 Å². The molecule has 2 heterocycles. The molecule has 0 bridgehead atoms. The van der Waals surface area contributed by atoms with Gasteiger partial charge >= 0.3 is 0 Å². The van der Waals surface area contributed by atoms with Crippen LogP contribution in [0.1, 0.15) is 29.5 Å². The fourth-order valence-electron chi connectivity index (χ4n) is 3.19. The lowest BCUT2D eigenvalue weighted by Gasteiger charge is -2.17. The van der Waals surface area contributed by atoms with Gasteiger partial charge in [-0.25, -0.2) is 0 Å². The highest BCUT2D eigenvalue weighted by atomic mass is 16.5. The van der Waals surface area contributed by atoms with Crippen LogP contribution in [0.25, 0.3) is 21.9 Å². The van der Waals surface area contributed by atoms with E-state index in [0.717, 1.165) is 52.3 Å². The predicted molar refractivity (Wildman–Crippen MR) is 74.7 cm³/mol. The molecule has 0 aliphatic heterocycles. The molecule has 20 heavy (non-hydrogen) atoms. The Bertz CT molecular complexity index is 886. The third-order valence-electron chi connectivity index (χ3n) is 4.22. The van der Waals surface area contributed by atoms with Crippen LogP contribution < -0.4 is 5.55 Å². The van der Waals surface area contributed by atoms with E-state index in [1.165, 1.54) is 12.0 Å². The summed E-state index contributed by atoms with van der Waals surface area (Å²) in [6, 6.07) is 4.03. The maximum absolute atomic E-state index is 9.18. The lowest BCUT2D eigenvalue weighted by Crippen LogP contribution is -2.17. The van der Waals surface area contributed by atoms with Crippen molar-refractivity contribution in [2.24, 2.45) is 5.16 Å². The van der Waals surface area contributed by atoms with Gasteiger partial charge in [0.15, 0.2) is 0 Å². The zero-order chi connectivity index (χ0) is 13.7. The summed E-state index contributed by atoms with van der Waals surface area (Å²) in [5, 5.41) is 14.7. The fourth-order valence-corrected chi connectivity index (χ4v) is 3.19. The second kappa shape index (κ2) is 4.13. The third kappa shape index (κ3) is 1.51. The average Bonchev–Trinajstić information content (AvgIpc) is 2.85. The number of benzene rings is 1. The largest absolute Gasteiger partial charge is 0.464 e. The molecule has 3 aromatic rings. The molecule has 0 saturated carbocycles. The summed E-state index contributed by atoms with van der Waals surface area (Å²) in [7, 11) is 0. The standard InChI is InChI=1S/C16H15NO3/c1-9-8-19-14-7-15-13(6-12(9)14)10-4-2-3-5-11(10)16(17-18)20-15/h6-8,18H,2-5H2,1H3. The molecule has 0 radical (unpaired) electrons. The Morgan fingerprint density at radius 2 is 1.85 bits per heavy atom. The van der Waals surface area contributed by atoms with Crippen molar-refractivity contribution in [1.82, 2.24) is 0 Å². The molecule has 102 valence electrons. The van der Waals surface area contributed by atoms with Gasteiger partial charge in [0.1, 0.15) is 11.2 Å². The molecule has 1 aromatic carbocycles. The Labute approximate surface area is 115 Å². The zero-order valence-electron chi connectivity index (χ0n) is 11.3. The number of rotatable bonds is 0. The minimum Gasteiger partial charge on any atom is -0.464 e. The van der Waals surface area contributed by atoms with Crippen LogP contribution in [-0.4, -0.2) is 5.21 Å². The van der Waals surface area contributed by atoms with Crippen LogP contribution >= 0.6 is 0 Å². The summed E-state index contributed by atoms with van der Waals surface area (Å²) in [5.74, 6) is 0. The van der Waals surface area contributed by atoms with Gasteiger partial charge in [0.05, 0.1) is 6.26 Å². The zero-order valence-corrected chi connectivity index (χ0v) is 11.3. The number of aryl methyl sites for hydroxylation is 2. The molecule has 1 aliphatic rings. The first-order chi connectivity index (χ1) is 9.78. The lowest BCUT2D eigenvalue weighted by atomic mass is 9.90. The van der Waals surface area contributed by atoms with E-state index in [4.69, 9.17) is 8.83 Å². The molecule has 0 atom stereocenters. The monoisotopic (exact) mass is 269 g/mol. The van der Waals surface area contributed by atoms with Crippen molar-refractivity contribution in [2.75, 3.05) is 0 Å². The van der Waals surface area contributed by atoms with Gasteiger partial charge in [-0.2, -0.15) is 0 Å². The molecule has 4 heteroatoms. The van der Waals surface area contributed by atoms with Gasteiger partial charge in [-0.05, 0) is 55.0 Å². The number of furan rings is 1. The minimum absolute atomic E-state index is 0.342. The first kappa shape index (κ1) is 11.6. The van der Waals surface area contributed by atoms with Crippen molar-refractivity contribution in [1.29, 1.82) is 0 Å². The van der Waals surface area contributed by atoms with Crippen molar-refractivity contribution in [3.63, 3.8) is 0 Å². The molecule has 2 aromatic heterocycles. The fraction of sp³-hybridized carbons (Fsp3) is 0.312. The highest BCUT2D eigenvalue weighted by Crippen LogP contribution is 2.31. The normalized spacial score (nSPS) is 15.9. The van der Waals surface area contributed by atoms with Gasteiger partial charge in [-0.1, -0.05) is 0 Å². The van der Waals surface area contributed by atoms with Gasteiger partial charge in [0.2, 0.25) is 0 Å². The lowest BCUT2D eigenvalue weighted by molar-refractivity contribution is 0.274. The van der Waals surface area contributed by atoms with Gasteiger partial charge in [-0.3, -0.25) is 0 Å². The number of fused-ring (bicyclic) bond motifs is 4. The van der Waals surface area contributed by atoms with Gasteiger partial charge in [-0.15, -0.1) is 0 Å². The smallest absolute Gasteiger partial charge is 0.259 e. The third-order valence-corrected chi connectivity index (χ3v) is 4.22. The SMILES string of the molecule is Cc1coc2cc3oc(=NO)c4c(c3cc12)CCCC4. The first-order valence-electron chi connectivity index (χ1n) is 6.92. The van der Waals surface area contributed by atoms with Crippen LogP contribution in [0.2, 0.25) is 0 Å². The highest BCUT2D eigenvalue weighted by Gasteiger charge is 2.18. The Morgan fingerprint density at radius 1 is 1.05 bits per heavy atom. The van der Waals surface area contributed by atoms with Crippen LogP contribution in [0, 0.1) is 6.92 Å². The van der Waals surface area contributed by atoms with Crippen LogP contribution in [0.4, 0.5) is 0 Å². The molecule has 1 N–H and O–H groups in total. The summed E-state index contributed by atoms with van der Waals surface area (Å²) >= 11 is 0. The molecule has 4 nitrogen and oxygen atoms in total. The van der Waals surface area contributed by atoms with Gasteiger partial charge in [0, 0.05) is 22.4 Å². The Balaban J connectivity index is 2.19. The Morgan fingerprint density at radius 3 is 2.65 bits per heavy atom. The molecular formula is C16H15NO3. The molecule has 0 saturated heterocycles. The molecule has 0 unspecified atom stereocenters. The number of nitrogens with zero attached hydrogens (tertiary/aromatic N) is 1. The summed E-state index contributed by atoms with van der Waals surface area (Å²) in [5.41, 5.74) is 5.30. The molecule has 4 rings (SSSR count). The van der Waals surface area contributed by atoms with Crippen LogP contribution in [0.3, 0.4) is 0 Å². The van der Waals surface area contributed by atoms with Crippen LogP contribution in [0.5, 0.6) is 0 Å². The van der Waals surface area contributed by atoms with E-state index in [-0.39, 0.29) is 0 Å². The summed E-state index contributed by atoms with van der Waals surface area (Å²) in [6.07, 6.45) is 5.96. The first-order valence-corrected chi connectivity index (χ1v) is 6.92. The molecular weight excluding hydrogens is 254 g/mol. The summed E-state index contributed by atoms with van der Waals surface area (Å²) < 4.78 is 11.3. The maximum Gasteiger partial charge on any atom is 0.259 e. The minimum atomic E-state index is 0.342. The maximum atomic E-state index is 9.18. The summed E-state index contributed by atoms with van der Waals surface area (Å²) in [4.78, 5) is 0. The van der Waals surface area contributed by atoms with E-state index in [9.17, 15) is 5.21 Å². The quantitative estimate of drug-likeness (QED) is 0.500. The molecule has 0 fully saturated rings. The van der Waals surface area contributed by atoms with Crippen LogP contribution in [0.15, 0.2) is 32.4 Å². The van der Waals surface area contributed by atoms with Crippen LogP contribution in [-0.2, 0) is 12.8 Å². The van der Waals surface area contributed by atoms with Crippen molar-refractivity contribution in [3.05, 3.63) is 40.6 Å². The van der Waals surface area contributed by atoms with Crippen molar-refractivity contribution in [3.8, 4) is 0 Å². The Hall–Kier alpha value is -2.23. The van der Waals surface area contributed by atoms with E-state index in [1.807, 2.05) is 13.0 Å². The number of hydrogen-bond donors (Lipinski definition) is 1. The molecule has 1 aliphatic carbocycles. The van der Waals surface area contributed by atoms with E-state index in [2.05, 4.69) is 11.2 Å². The second-order valence-electron chi connectivity index (χ2n) is 5.43. The molecule has 0 spiro atoms. The predicted octanol–water partition coefficient (Wildman–Crippen LogP) is 3.66. The highest BCUT2D eigenvalue weighted by molar-refractivity contribution is 5.96. The topological polar surface area (TPSA) is 58.9 Å². The van der Waals surface area contributed by atoms with E-state index in [0.29, 0.717) is 5.55 Å². The van der Waals surface area contributed by atoms with Crippen molar-refractivity contribution in [2.45, 2.75) is 32.6 Å². The van der Waals surface area contributed by atoms with Gasteiger partial charge in [0.25, 0.3) is 5.55 Å². The van der Waals surface area contributed by atoms with Crippen molar-refractivity contribution < 1.29 is 14.0 Å². The van der Waals surface area contributed by atoms with E-state index in [1.54, 1.807) is 6.26 Å². The number of hydrogen-bond acceptors (Lipinski definition) is 4. The summed E-state index contributed by atoms with van der Waals surface area (Å²) in [6.45, 7) is 2.04. The van der Waals surface area contributed by atoms with Gasteiger partial charge < -0.3 is 14.0 Å². The van der Waals surface area contributed by atoms with E-state index >= 15 is 0 Å².